The normalized spacial score (nSPS) is 14.7. The van der Waals surface area contributed by atoms with E-state index in [0.717, 1.165) is 23.6 Å². The molecule has 0 unspecified atom stereocenters. The summed E-state index contributed by atoms with van der Waals surface area (Å²) in [6, 6.07) is 9.78. The van der Waals surface area contributed by atoms with Crippen molar-refractivity contribution in [2.24, 2.45) is 0 Å². The van der Waals surface area contributed by atoms with Gasteiger partial charge in [0.05, 0.1) is 5.56 Å². The third-order valence-corrected chi connectivity index (χ3v) is 5.13. The minimum absolute atomic E-state index is 0.106. The summed E-state index contributed by atoms with van der Waals surface area (Å²) in [4.78, 5) is 25.3. The van der Waals surface area contributed by atoms with Crippen LogP contribution in [-0.4, -0.2) is 47.0 Å². The quantitative estimate of drug-likeness (QED) is 0.619. The number of piperazine rings is 1. The van der Waals surface area contributed by atoms with Crippen molar-refractivity contribution in [3.8, 4) is 11.3 Å². The Morgan fingerprint density at radius 2 is 1.74 bits per heavy atom. The molecule has 1 aliphatic rings. The van der Waals surface area contributed by atoms with E-state index in [0.29, 0.717) is 32.0 Å². The topological polar surface area (TPSA) is 62.5 Å². The molecule has 0 bridgehead atoms. The van der Waals surface area contributed by atoms with Crippen LogP contribution in [0.2, 0.25) is 0 Å². The maximum atomic E-state index is 13.0. The number of carbonyl (C=O) groups excluding carboxylic acids is 1. The van der Waals surface area contributed by atoms with Gasteiger partial charge in [0, 0.05) is 43.5 Å². The number of aryl methyl sites for hydroxylation is 2. The van der Waals surface area contributed by atoms with Crippen molar-refractivity contribution >= 4 is 11.7 Å². The van der Waals surface area contributed by atoms with Crippen LogP contribution in [0.4, 0.5) is 19.0 Å². The summed E-state index contributed by atoms with van der Waals surface area (Å²) in [6.07, 6.45) is -4.44. The first-order valence-corrected chi connectivity index (χ1v) is 9.85. The van der Waals surface area contributed by atoms with Gasteiger partial charge >= 0.3 is 6.18 Å². The molecule has 1 aliphatic heterocycles. The zero-order valence-electron chi connectivity index (χ0n) is 17.1. The molecule has 9 heteroatoms. The third-order valence-electron chi connectivity index (χ3n) is 5.13. The number of carbonyl (C=O) groups is 1. The van der Waals surface area contributed by atoms with Crippen LogP contribution in [0.15, 0.2) is 46.9 Å². The lowest BCUT2D eigenvalue weighted by molar-refractivity contribution is -0.137. The zero-order chi connectivity index (χ0) is 22.2. The number of furan rings is 1. The number of hydrogen-bond acceptors (Lipinski definition) is 5. The van der Waals surface area contributed by atoms with E-state index in [2.05, 4.69) is 14.9 Å². The van der Waals surface area contributed by atoms with Gasteiger partial charge in [0.15, 0.2) is 5.76 Å². The Morgan fingerprint density at radius 1 is 1.00 bits per heavy atom. The monoisotopic (exact) mass is 430 g/mol. The molecule has 1 aromatic carbocycles. The molecule has 1 saturated heterocycles. The molecular formula is C22H21F3N4O2. The van der Waals surface area contributed by atoms with Crippen molar-refractivity contribution in [1.82, 2.24) is 14.9 Å². The standard InChI is InChI=1S/C22H21F3N4O2/c1-14-12-20(27-15(2)26-14)28-8-10-29(11-9-28)21(30)19-7-6-18(31-19)16-4-3-5-17(13-16)22(23,24)25/h3-7,12-13H,8-11H2,1-2H3. The lowest BCUT2D eigenvalue weighted by atomic mass is 10.1. The van der Waals surface area contributed by atoms with Gasteiger partial charge in [-0.15, -0.1) is 0 Å². The Kier molecular flexibility index (Phi) is 5.43. The van der Waals surface area contributed by atoms with Crippen molar-refractivity contribution in [2.45, 2.75) is 20.0 Å². The van der Waals surface area contributed by atoms with Gasteiger partial charge in [-0.3, -0.25) is 4.79 Å². The smallest absolute Gasteiger partial charge is 0.416 e. The molecule has 0 atom stereocenters. The third kappa shape index (κ3) is 4.55. The summed E-state index contributed by atoms with van der Waals surface area (Å²) in [5.41, 5.74) is 0.396. The fraction of sp³-hybridized carbons (Fsp3) is 0.318. The molecule has 0 saturated carbocycles. The fourth-order valence-electron chi connectivity index (χ4n) is 3.61. The number of benzene rings is 1. The average molecular weight is 430 g/mol. The highest BCUT2D eigenvalue weighted by atomic mass is 19.4. The Hall–Kier alpha value is -3.36. The van der Waals surface area contributed by atoms with E-state index in [1.807, 2.05) is 19.9 Å². The highest BCUT2D eigenvalue weighted by molar-refractivity contribution is 5.92. The first-order valence-electron chi connectivity index (χ1n) is 9.85. The maximum absolute atomic E-state index is 13.0. The van der Waals surface area contributed by atoms with Crippen molar-refractivity contribution in [2.75, 3.05) is 31.1 Å². The maximum Gasteiger partial charge on any atom is 0.416 e. The molecule has 162 valence electrons. The SMILES string of the molecule is Cc1cc(N2CCN(C(=O)c3ccc(-c4cccc(C(F)(F)F)c4)o3)CC2)nc(C)n1. The molecule has 4 rings (SSSR count). The summed E-state index contributed by atoms with van der Waals surface area (Å²) < 4.78 is 44.5. The number of anilines is 1. The molecule has 0 aliphatic carbocycles. The number of aromatic nitrogens is 2. The molecule has 31 heavy (non-hydrogen) atoms. The van der Waals surface area contributed by atoms with Crippen molar-refractivity contribution < 1.29 is 22.4 Å². The van der Waals surface area contributed by atoms with Crippen LogP contribution in [0, 0.1) is 13.8 Å². The number of amides is 1. The Balaban J connectivity index is 1.44. The lowest BCUT2D eigenvalue weighted by Gasteiger charge is -2.35. The van der Waals surface area contributed by atoms with Crippen LogP contribution in [0.1, 0.15) is 27.6 Å². The molecule has 1 fully saturated rings. The Morgan fingerprint density at radius 3 is 2.42 bits per heavy atom. The first-order chi connectivity index (χ1) is 14.7. The van der Waals surface area contributed by atoms with Crippen LogP contribution in [0.5, 0.6) is 0 Å². The molecule has 6 nitrogen and oxygen atoms in total. The lowest BCUT2D eigenvalue weighted by Crippen LogP contribution is -2.49. The Labute approximate surface area is 177 Å². The highest BCUT2D eigenvalue weighted by Crippen LogP contribution is 2.32. The van der Waals surface area contributed by atoms with Gasteiger partial charge in [-0.25, -0.2) is 9.97 Å². The molecule has 0 spiro atoms. The molecule has 3 heterocycles. The van der Waals surface area contributed by atoms with Crippen LogP contribution in [0.3, 0.4) is 0 Å². The largest absolute Gasteiger partial charge is 0.451 e. The number of alkyl halides is 3. The van der Waals surface area contributed by atoms with Gasteiger partial charge in [-0.2, -0.15) is 13.2 Å². The van der Waals surface area contributed by atoms with E-state index in [9.17, 15) is 18.0 Å². The Bertz CT molecular complexity index is 1080. The van der Waals surface area contributed by atoms with Crippen LogP contribution >= 0.6 is 0 Å². The summed E-state index contributed by atoms with van der Waals surface area (Å²) in [7, 11) is 0. The number of rotatable bonds is 3. The highest BCUT2D eigenvalue weighted by Gasteiger charge is 2.31. The summed E-state index contributed by atoms with van der Waals surface area (Å²) in [5.74, 6) is 1.58. The second-order valence-electron chi connectivity index (χ2n) is 7.44. The second-order valence-corrected chi connectivity index (χ2v) is 7.44. The molecule has 0 N–H and O–H groups in total. The number of halogens is 3. The van der Waals surface area contributed by atoms with Crippen molar-refractivity contribution in [3.63, 3.8) is 0 Å². The van der Waals surface area contributed by atoms with Gasteiger partial charge in [0.2, 0.25) is 0 Å². The van der Waals surface area contributed by atoms with E-state index in [1.165, 1.54) is 24.3 Å². The second kappa shape index (κ2) is 8.05. The predicted molar refractivity (Wildman–Crippen MR) is 109 cm³/mol. The van der Waals surface area contributed by atoms with Crippen molar-refractivity contribution in [1.29, 1.82) is 0 Å². The number of hydrogen-bond donors (Lipinski definition) is 0. The van der Waals surface area contributed by atoms with Crippen LogP contribution < -0.4 is 4.90 Å². The van der Waals surface area contributed by atoms with E-state index in [1.54, 1.807) is 4.90 Å². The van der Waals surface area contributed by atoms with Crippen LogP contribution in [-0.2, 0) is 6.18 Å². The first kappa shape index (κ1) is 20.9. The molecule has 1 amide bonds. The van der Waals surface area contributed by atoms with E-state index in [-0.39, 0.29) is 23.0 Å². The summed E-state index contributed by atoms with van der Waals surface area (Å²) in [5, 5.41) is 0. The molecule has 2 aromatic heterocycles. The fourth-order valence-corrected chi connectivity index (χ4v) is 3.61. The molecule has 3 aromatic rings. The average Bonchev–Trinajstić information content (AvgIpc) is 3.22. The summed E-state index contributed by atoms with van der Waals surface area (Å²) in [6.45, 7) is 5.96. The minimum atomic E-state index is -4.44. The van der Waals surface area contributed by atoms with Crippen LogP contribution in [0.25, 0.3) is 11.3 Å². The van der Waals surface area contributed by atoms with Gasteiger partial charge < -0.3 is 14.2 Å². The molecule has 0 radical (unpaired) electrons. The van der Waals surface area contributed by atoms with Gasteiger partial charge in [0.1, 0.15) is 17.4 Å². The van der Waals surface area contributed by atoms with Gasteiger partial charge in [0.25, 0.3) is 5.91 Å². The van der Waals surface area contributed by atoms with E-state index in [4.69, 9.17) is 4.42 Å². The van der Waals surface area contributed by atoms with E-state index >= 15 is 0 Å². The zero-order valence-corrected chi connectivity index (χ0v) is 17.1. The van der Waals surface area contributed by atoms with Gasteiger partial charge in [-0.05, 0) is 38.1 Å². The van der Waals surface area contributed by atoms with Gasteiger partial charge in [-0.1, -0.05) is 12.1 Å². The molecular weight excluding hydrogens is 409 g/mol. The predicted octanol–water partition coefficient (Wildman–Crippen LogP) is 4.33. The minimum Gasteiger partial charge on any atom is -0.451 e. The van der Waals surface area contributed by atoms with Crippen molar-refractivity contribution in [3.05, 3.63) is 65.3 Å². The number of nitrogens with zero attached hydrogens (tertiary/aromatic N) is 4. The van der Waals surface area contributed by atoms with E-state index < -0.39 is 11.7 Å². The summed E-state index contributed by atoms with van der Waals surface area (Å²) >= 11 is 0.